The highest BCUT2D eigenvalue weighted by Crippen LogP contribution is 2.27. The Hall–Kier alpha value is -1.71. The summed E-state index contributed by atoms with van der Waals surface area (Å²) >= 11 is 0. The molecule has 1 aromatic rings. The van der Waals surface area contributed by atoms with Crippen LogP contribution in [0.4, 0.5) is 0 Å². The highest BCUT2D eigenvalue weighted by atomic mass is 16.5. The van der Waals surface area contributed by atoms with E-state index in [4.69, 9.17) is 4.74 Å². The van der Waals surface area contributed by atoms with Gasteiger partial charge in [-0.2, -0.15) is 0 Å². The lowest BCUT2D eigenvalue weighted by molar-refractivity contribution is 0.119. The number of ether oxygens (including phenoxy) is 1. The molecule has 2 rings (SSSR count). The van der Waals surface area contributed by atoms with E-state index in [0.29, 0.717) is 12.1 Å². The summed E-state index contributed by atoms with van der Waals surface area (Å²) in [7, 11) is 1.80. The van der Waals surface area contributed by atoms with Crippen molar-refractivity contribution in [1.29, 1.82) is 0 Å². The first-order chi connectivity index (χ1) is 10.2. The predicted molar refractivity (Wildman–Crippen MR) is 87.8 cm³/mol. The molecule has 1 unspecified atom stereocenters. The summed E-state index contributed by atoms with van der Waals surface area (Å²) < 4.78 is 6.05. The number of benzene rings is 1. The van der Waals surface area contributed by atoms with Crippen molar-refractivity contribution in [3.8, 4) is 5.75 Å². The zero-order valence-corrected chi connectivity index (χ0v) is 13.4. The van der Waals surface area contributed by atoms with Gasteiger partial charge in [-0.25, -0.2) is 0 Å². The molecule has 0 saturated heterocycles. The van der Waals surface area contributed by atoms with Crippen molar-refractivity contribution < 1.29 is 4.74 Å². The fourth-order valence-electron chi connectivity index (χ4n) is 2.14. The van der Waals surface area contributed by atoms with Gasteiger partial charge in [0.05, 0.1) is 6.10 Å². The summed E-state index contributed by atoms with van der Waals surface area (Å²) in [6, 6.07) is 8.66. The Kier molecular flexibility index (Phi) is 5.90. The second kappa shape index (κ2) is 7.91. The van der Waals surface area contributed by atoms with Crippen molar-refractivity contribution in [3.63, 3.8) is 0 Å². The quantitative estimate of drug-likeness (QED) is 0.625. The van der Waals surface area contributed by atoms with Crippen molar-refractivity contribution in [2.24, 2.45) is 4.99 Å². The van der Waals surface area contributed by atoms with Crippen molar-refractivity contribution >= 4 is 5.96 Å². The molecule has 0 amide bonds. The number of hydrogen-bond donors (Lipinski definition) is 2. The van der Waals surface area contributed by atoms with Crippen LogP contribution in [0.15, 0.2) is 29.3 Å². The molecule has 1 aromatic carbocycles. The minimum atomic E-state index is 0.406. The zero-order chi connectivity index (χ0) is 15.1. The van der Waals surface area contributed by atoms with Gasteiger partial charge >= 0.3 is 0 Å². The monoisotopic (exact) mass is 289 g/mol. The number of aliphatic imine (C=N–C) groups is 1. The van der Waals surface area contributed by atoms with Gasteiger partial charge in [0, 0.05) is 25.2 Å². The summed E-state index contributed by atoms with van der Waals surface area (Å²) in [4.78, 5) is 4.26. The molecule has 1 aliphatic carbocycles. The van der Waals surface area contributed by atoms with Gasteiger partial charge in [0.1, 0.15) is 5.75 Å². The number of nitrogens with zero attached hydrogens (tertiary/aromatic N) is 1. The van der Waals surface area contributed by atoms with Crippen LogP contribution >= 0.6 is 0 Å². The molecule has 1 fully saturated rings. The summed E-state index contributed by atoms with van der Waals surface area (Å²) in [5.41, 5.74) is 1.18. The van der Waals surface area contributed by atoms with E-state index < -0.39 is 0 Å². The fraction of sp³-hybridized carbons (Fsp3) is 0.588. The van der Waals surface area contributed by atoms with E-state index in [0.717, 1.165) is 24.7 Å². The summed E-state index contributed by atoms with van der Waals surface area (Å²) in [5.74, 6) is 1.83. The maximum absolute atomic E-state index is 6.05. The van der Waals surface area contributed by atoms with E-state index in [1.807, 2.05) is 6.07 Å². The maximum Gasteiger partial charge on any atom is 0.191 e. The molecule has 0 aromatic heterocycles. The number of rotatable bonds is 6. The Balaban J connectivity index is 1.92. The van der Waals surface area contributed by atoms with Crippen LogP contribution in [0.3, 0.4) is 0 Å². The zero-order valence-electron chi connectivity index (χ0n) is 13.4. The number of nitrogens with one attached hydrogen (secondary N) is 2. The third-order valence-electron chi connectivity index (χ3n) is 3.98. The van der Waals surface area contributed by atoms with Crippen molar-refractivity contribution in [1.82, 2.24) is 10.6 Å². The number of para-hydroxylation sites is 1. The molecule has 0 heterocycles. The molecule has 4 heteroatoms. The first kappa shape index (κ1) is 15.7. The lowest BCUT2D eigenvalue weighted by Crippen LogP contribution is -2.41. The Labute approximate surface area is 128 Å². The largest absolute Gasteiger partial charge is 0.490 e. The molecular weight excluding hydrogens is 262 g/mol. The molecule has 0 spiro atoms. The molecule has 4 nitrogen and oxygen atoms in total. The smallest absolute Gasteiger partial charge is 0.191 e. The molecule has 21 heavy (non-hydrogen) atoms. The molecule has 1 saturated carbocycles. The second-order valence-electron chi connectivity index (χ2n) is 5.66. The van der Waals surface area contributed by atoms with Crippen LogP contribution in [-0.4, -0.2) is 25.2 Å². The van der Waals surface area contributed by atoms with Gasteiger partial charge in [-0.05, 0) is 38.7 Å². The van der Waals surface area contributed by atoms with Gasteiger partial charge in [-0.3, -0.25) is 4.99 Å². The van der Waals surface area contributed by atoms with E-state index in [-0.39, 0.29) is 0 Å². The first-order valence-corrected chi connectivity index (χ1v) is 7.94. The number of hydrogen-bond acceptors (Lipinski definition) is 2. The SMILES string of the molecule is CCC(C)NC(=NC)NCc1ccccc1OC1CCC1. The summed E-state index contributed by atoms with van der Waals surface area (Å²) in [6.45, 7) is 5.03. The average molecular weight is 289 g/mol. The van der Waals surface area contributed by atoms with Crippen LogP contribution in [-0.2, 0) is 6.54 Å². The lowest BCUT2D eigenvalue weighted by Gasteiger charge is -2.27. The normalized spacial score (nSPS) is 17.0. The Morgan fingerprint density at radius 2 is 2.14 bits per heavy atom. The van der Waals surface area contributed by atoms with Gasteiger partial charge < -0.3 is 15.4 Å². The molecule has 116 valence electrons. The lowest BCUT2D eigenvalue weighted by atomic mass is 9.96. The highest BCUT2D eigenvalue weighted by molar-refractivity contribution is 5.79. The minimum Gasteiger partial charge on any atom is -0.490 e. The maximum atomic E-state index is 6.05. The Bertz CT molecular complexity index is 469. The average Bonchev–Trinajstić information content (AvgIpc) is 2.47. The number of guanidine groups is 1. The standard InChI is InChI=1S/C17H27N3O/c1-4-13(2)20-17(18-3)19-12-14-8-5-6-11-16(14)21-15-9-7-10-15/h5-6,8,11,13,15H,4,7,9-10,12H2,1-3H3,(H2,18,19,20). The van der Waals surface area contributed by atoms with Gasteiger partial charge in [-0.1, -0.05) is 25.1 Å². The topological polar surface area (TPSA) is 45.7 Å². The third kappa shape index (κ3) is 4.66. The molecular formula is C17H27N3O. The van der Waals surface area contributed by atoms with Crippen LogP contribution in [0, 0.1) is 0 Å². The molecule has 0 bridgehead atoms. The van der Waals surface area contributed by atoms with Crippen LogP contribution in [0.25, 0.3) is 0 Å². The third-order valence-corrected chi connectivity index (χ3v) is 3.98. The van der Waals surface area contributed by atoms with Crippen LogP contribution in [0.1, 0.15) is 45.1 Å². The van der Waals surface area contributed by atoms with Gasteiger partial charge in [0.15, 0.2) is 5.96 Å². The van der Waals surface area contributed by atoms with Crippen LogP contribution in [0.5, 0.6) is 5.75 Å². The predicted octanol–water partition coefficient (Wildman–Crippen LogP) is 3.08. The molecule has 2 N–H and O–H groups in total. The van der Waals surface area contributed by atoms with Crippen molar-refractivity contribution in [2.45, 2.75) is 58.2 Å². The molecule has 1 atom stereocenters. The summed E-state index contributed by atoms with van der Waals surface area (Å²) in [5, 5.41) is 6.73. The van der Waals surface area contributed by atoms with Crippen molar-refractivity contribution in [2.75, 3.05) is 7.05 Å². The van der Waals surface area contributed by atoms with E-state index in [1.54, 1.807) is 7.05 Å². The van der Waals surface area contributed by atoms with E-state index in [1.165, 1.54) is 24.8 Å². The highest BCUT2D eigenvalue weighted by Gasteiger charge is 2.20. The van der Waals surface area contributed by atoms with E-state index >= 15 is 0 Å². The van der Waals surface area contributed by atoms with Crippen LogP contribution in [0.2, 0.25) is 0 Å². The van der Waals surface area contributed by atoms with Gasteiger partial charge in [-0.15, -0.1) is 0 Å². The fourth-order valence-corrected chi connectivity index (χ4v) is 2.14. The Morgan fingerprint density at radius 3 is 2.76 bits per heavy atom. The summed E-state index contributed by atoms with van der Waals surface area (Å²) in [6.07, 6.45) is 5.13. The first-order valence-electron chi connectivity index (χ1n) is 7.94. The molecule has 0 aliphatic heterocycles. The van der Waals surface area contributed by atoms with E-state index in [2.05, 4.69) is 47.7 Å². The molecule has 0 radical (unpaired) electrons. The van der Waals surface area contributed by atoms with Gasteiger partial charge in [0.2, 0.25) is 0 Å². The second-order valence-corrected chi connectivity index (χ2v) is 5.66. The Morgan fingerprint density at radius 1 is 1.38 bits per heavy atom. The van der Waals surface area contributed by atoms with Crippen molar-refractivity contribution in [3.05, 3.63) is 29.8 Å². The van der Waals surface area contributed by atoms with Crippen LogP contribution < -0.4 is 15.4 Å². The van der Waals surface area contributed by atoms with E-state index in [9.17, 15) is 0 Å². The van der Waals surface area contributed by atoms with Gasteiger partial charge in [0.25, 0.3) is 0 Å². The minimum absolute atomic E-state index is 0.406. The molecule has 1 aliphatic rings.